The summed E-state index contributed by atoms with van der Waals surface area (Å²) in [5, 5.41) is 3.41. The number of thioether (sulfide) groups is 1. The van der Waals surface area contributed by atoms with Gasteiger partial charge in [0.05, 0.1) is 5.75 Å². The number of amides is 2. The Morgan fingerprint density at radius 1 is 1.03 bits per heavy atom. The second-order valence-corrected chi connectivity index (χ2v) is 10.1. The fourth-order valence-electron chi connectivity index (χ4n) is 4.09. The molecule has 0 fully saturated rings. The Morgan fingerprint density at radius 2 is 1.70 bits per heavy atom. The number of hydrogen-bond donors (Lipinski definition) is 1. The molecule has 1 aromatic heterocycles. The van der Waals surface area contributed by atoms with Crippen LogP contribution in [0.1, 0.15) is 30.8 Å². The van der Waals surface area contributed by atoms with Gasteiger partial charge in [-0.05, 0) is 55.7 Å². The Kier molecular flexibility index (Phi) is 8.27. The van der Waals surface area contributed by atoms with Gasteiger partial charge in [-0.1, -0.05) is 37.7 Å². The third-order valence-corrected chi connectivity index (χ3v) is 6.58. The van der Waals surface area contributed by atoms with Crippen LogP contribution in [0.3, 0.4) is 0 Å². The normalized spacial score (nSPS) is 12.9. The first kappa shape index (κ1) is 26.4. The molecule has 3 aromatic rings. The van der Waals surface area contributed by atoms with Crippen molar-refractivity contribution >= 4 is 29.3 Å². The van der Waals surface area contributed by atoms with Crippen LogP contribution in [0.4, 0.5) is 10.1 Å². The maximum absolute atomic E-state index is 13.6. The first-order chi connectivity index (χ1) is 17.7. The maximum atomic E-state index is 13.6. The zero-order chi connectivity index (χ0) is 26.5. The number of nitrogens with zero attached hydrogens (tertiary/aromatic N) is 3. The molecule has 4 rings (SSSR count). The summed E-state index contributed by atoms with van der Waals surface area (Å²) in [6, 6.07) is 12.1. The highest BCUT2D eigenvalue weighted by Gasteiger charge is 2.33. The Hall–Kier alpha value is -3.66. The molecule has 2 aromatic carbocycles. The van der Waals surface area contributed by atoms with Crippen LogP contribution < -0.4 is 14.8 Å². The van der Waals surface area contributed by atoms with Crippen LogP contribution in [-0.4, -0.2) is 45.3 Å². The summed E-state index contributed by atoms with van der Waals surface area (Å²) in [5.74, 6) is 0.0321. The summed E-state index contributed by atoms with van der Waals surface area (Å²) in [6.07, 6.45) is 0. The van der Waals surface area contributed by atoms with Crippen LogP contribution >= 0.6 is 11.8 Å². The largest absolute Gasteiger partial charge is 0.454 e. The number of rotatable bonds is 9. The number of nitrogens with one attached hydrogen (secondary N) is 1. The number of carbonyl (C=O) groups excluding carboxylic acids is 2. The third kappa shape index (κ3) is 6.76. The lowest BCUT2D eigenvalue weighted by Crippen LogP contribution is -2.50. The van der Waals surface area contributed by atoms with Gasteiger partial charge in [0.2, 0.25) is 18.6 Å². The number of aromatic nitrogens is 2. The molecule has 194 valence electrons. The van der Waals surface area contributed by atoms with Gasteiger partial charge in [0.15, 0.2) is 16.7 Å². The first-order valence-electron chi connectivity index (χ1n) is 11.9. The van der Waals surface area contributed by atoms with Crippen LogP contribution in [0.5, 0.6) is 11.5 Å². The molecule has 1 atom stereocenters. The number of hydrogen-bond acceptors (Lipinski definition) is 7. The highest BCUT2D eigenvalue weighted by Crippen LogP contribution is 2.34. The monoisotopic (exact) mass is 524 g/mol. The molecule has 0 saturated carbocycles. The molecule has 8 nitrogen and oxygen atoms in total. The Balaban J connectivity index is 1.57. The van der Waals surface area contributed by atoms with Crippen molar-refractivity contribution in [2.45, 2.75) is 45.4 Å². The van der Waals surface area contributed by atoms with Crippen molar-refractivity contribution < 1.29 is 23.5 Å². The van der Waals surface area contributed by atoms with Gasteiger partial charge in [-0.2, -0.15) is 0 Å². The lowest BCUT2D eigenvalue weighted by Gasteiger charge is -2.33. The van der Waals surface area contributed by atoms with Gasteiger partial charge in [-0.15, -0.1) is 0 Å². The van der Waals surface area contributed by atoms with E-state index >= 15 is 0 Å². The van der Waals surface area contributed by atoms with E-state index in [1.54, 1.807) is 30.3 Å². The minimum absolute atomic E-state index is 0.0462. The molecule has 1 aliphatic rings. The number of carbonyl (C=O) groups is 2. The van der Waals surface area contributed by atoms with E-state index < -0.39 is 6.04 Å². The minimum atomic E-state index is -0.788. The molecule has 10 heteroatoms. The molecule has 0 aliphatic carbocycles. The van der Waals surface area contributed by atoms with E-state index in [2.05, 4.69) is 15.3 Å². The van der Waals surface area contributed by atoms with Crippen LogP contribution in [0, 0.1) is 25.6 Å². The standard InChI is InChI=1S/C27H29FN4O4S/c1-16(2)25(26(34)31-21-9-10-22-23(12-21)36-15-35-22)32(13-19-5-7-20(28)8-6-19)24(33)14-37-27-29-17(3)11-18(4)30-27/h5-12,16,25H,13-15H2,1-4H3,(H,31,34). The van der Waals surface area contributed by atoms with Crippen molar-refractivity contribution in [3.05, 3.63) is 71.3 Å². The average Bonchev–Trinajstić information content (AvgIpc) is 3.30. The van der Waals surface area contributed by atoms with Crippen molar-refractivity contribution in [2.24, 2.45) is 5.92 Å². The number of aryl methyl sites for hydroxylation is 2. The van der Waals surface area contributed by atoms with E-state index in [0.29, 0.717) is 27.9 Å². The molecule has 0 bridgehead atoms. The highest BCUT2D eigenvalue weighted by atomic mass is 32.2. The zero-order valence-electron chi connectivity index (χ0n) is 21.2. The molecule has 0 spiro atoms. The Bertz CT molecular complexity index is 1270. The van der Waals surface area contributed by atoms with Crippen molar-refractivity contribution in [3.63, 3.8) is 0 Å². The lowest BCUT2D eigenvalue weighted by molar-refractivity contribution is -0.138. The van der Waals surface area contributed by atoms with Gasteiger partial charge in [0.25, 0.3) is 0 Å². The molecule has 37 heavy (non-hydrogen) atoms. The molecule has 2 amide bonds. The van der Waals surface area contributed by atoms with Gasteiger partial charge in [-0.3, -0.25) is 9.59 Å². The lowest BCUT2D eigenvalue weighted by atomic mass is 10.00. The quantitative estimate of drug-likeness (QED) is 0.319. The number of halogens is 1. The molecule has 0 saturated heterocycles. The number of fused-ring (bicyclic) bond motifs is 1. The summed E-state index contributed by atoms with van der Waals surface area (Å²) < 4.78 is 24.3. The van der Waals surface area contributed by atoms with E-state index in [-0.39, 0.29) is 42.6 Å². The van der Waals surface area contributed by atoms with E-state index in [0.717, 1.165) is 11.4 Å². The molecule has 0 radical (unpaired) electrons. The van der Waals surface area contributed by atoms with Gasteiger partial charge < -0.3 is 19.7 Å². The first-order valence-corrected chi connectivity index (χ1v) is 12.9. The maximum Gasteiger partial charge on any atom is 0.247 e. The van der Waals surface area contributed by atoms with Gasteiger partial charge in [-0.25, -0.2) is 14.4 Å². The summed E-state index contributed by atoms with van der Waals surface area (Å²) in [7, 11) is 0. The van der Waals surface area contributed by atoms with Crippen molar-refractivity contribution in [1.82, 2.24) is 14.9 Å². The second kappa shape index (κ2) is 11.6. The minimum Gasteiger partial charge on any atom is -0.454 e. The second-order valence-electron chi connectivity index (χ2n) is 9.12. The van der Waals surface area contributed by atoms with E-state index in [1.807, 2.05) is 33.8 Å². The summed E-state index contributed by atoms with van der Waals surface area (Å²) in [6.45, 7) is 7.78. The van der Waals surface area contributed by atoms with Crippen molar-refractivity contribution in [2.75, 3.05) is 17.9 Å². The topological polar surface area (TPSA) is 93.7 Å². The number of ether oxygens (including phenoxy) is 2. The predicted octanol–water partition coefficient (Wildman–Crippen LogP) is 4.75. The molecule has 1 aliphatic heterocycles. The third-order valence-electron chi connectivity index (χ3n) is 5.75. The fourth-order valence-corrected chi connectivity index (χ4v) is 4.93. The average molecular weight is 525 g/mol. The smallest absolute Gasteiger partial charge is 0.247 e. The van der Waals surface area contributed by atoms with E-state index in [1.165, 1.54) is 28.8 Å². The van der Waals surface area contributed by atoms with E-state index in [4.69, 9.17) is 9.47 Å². The SMILES string of the molecule is Cc1cc(C)nc(SCC(=O)N(Cc2ccc(F)cc2)C(C(=O)Nc2ccc3c(c2)OCO3)C(C)C)n1. The van der Waals surface area contributed by atoms with Gasteiger partial charge in [0, 0.05) is 29.7 Å². The molecule has 2 heterocycles. The van der Waals surface area contributed by atoms with E-state index in [9.17, 15) is 14.0 Å². The molecule has 1 N–H and O–H groups in total. The molecule has 1 unspecified atom stereocenters. The van der Waals surface area contributed by atoms with Crippen LogP contribution in [0.2, 0.25) is 0 Å². The number of benzene rings is 2. The predicted molar refractivity (Wildman–Crippen MR) is 139 cm³/mol. The summed E-state index contributed by atoms with van der Waals surface area (Å²) in [5.41, 5.74) is 2.87. The molecular weight excluding hydrogens is 495 g/mol. The Morgan fingerprint density at radius 3 is 2.38 bits per heavy atom. The van der Waals surface area contributed by atoms with Crippen molar-refractivity contribution in [3.8, 4) is 11.5 Å². The highest BCUT2D eigenvalue weighted by molar-refractivity contribution is 7.99. The van der Waals surface area contributed by atoms with Gasteiger partial charge in [0.1, 0.15) is 11.9 Å². The van der Waals surface area contributed by atoms with Crippen LogP contribution in [0.15, 0.2) is 53.7 Å². The van der Waals surface area contributed by atoms with Crippen LogP contribution in [-0.2, 0) is 16.1 Å². The van der Waals surface area contributed by atoms with Crippen molar-refractivity contribution in [1.29, 1.82) is 0 Å². The molecular formula is C27H29FN4O4S. The van der Waals surface area contributed by atoms with Crippen LogP contribution in [0.25, 0.3) is 0 Å². The Labute approximate surface area is 219 Å². The zero-order valence-corrected chi connectivity index (χ0v) is 22.0. The summed E-state index contributed by atoms with van der Waals surface area (Å²) >= 11 is 1.22. The number of anilines is 1. The fraction of sp³-hybridized carbons (Fsp3) is 0.333. The van der Waals surface area contributed by atoms with Gasteiger partial charge >= 0.3 is 0 Å². The summed E-state index contributed by atoms with van der Waals surface area (Å²) in [4.78, 5) is 37.4.